The molecule has 0 saturated heterocycles. The molecule has 1 atom stereocenters. The number of nitrogens with zero attached hydrogens (tertiary/aromatic N) is 1. The molecule has 0 aliphatic carbocycles. The maximum atomic E-state index is 13.0. The third-order valence-corrected chi connectivity index (χ3v) is 4.53. The molecule has 20 heavy (non-hydrogen) atoms. The predicted molar refractivity (Wildman–Crippen MR) is 85.5 cm³/mol. The number of likely N-dealkylation sites (N-methyl/N-ethyl adjacent to an activating group) is 1. The standard InChI is InChI=1S/C17H16BrNO/c1-19-15-10-6-5-9-14(15)17(11-12-18,16(19)20)13-7-3-2-4-8-13/h2-10H,11-12H2,1H3. The van der Waals surface area contributed by atoms with E-state index in [2.05, 4.69) is 34.1 Å². The van der Waals surface area contributed by atoms with Gasteiger partial charge in [0.05, 0.1) is 0 Å². The van der Waals surface area contributed by atoms with Crippen LogP contribution in [0, 0.1) is 0 Å². The van der Waals surface area contributed by atoms with Crippen LogP contribution in [0.3, 0.4) is 0 Å². The van der Waals surface area contributed by atoms with Crippen LogP contribution in [0.2, 0.25) is 0 Å². The number of amides is 1. The van der Waals surface area contributed by atoms with Crippen molar-refractivity contribution < 1.29 is 4.79 Å². The van der Waals surface area contributed by atoms with E-state index in [0.717, 1.165) is 28.6 Å². The minimum absolute atomic E-state index is 0.157. The maximum absolute atomic E-state index is 13.0. The van der Waals surface area contributed by atoms with Gasteiger partial charge in [-0.25, -0.2) is 0 Å². The van der Waals surface area contributed by atoms with Gasteiger partial charge >= 0.3 is 0 Å². The van der Waals surface area contributed by atoms with Gasteiger partial charge in [-0.05, 0) is 23.6 Å². The predicted octanol–water partition coefficient (Wildman–Crippen LogP) is 3.73. The number of anilines is 1. The van der Waals surface area contributed by atoms with Crippen molar-refractivity contribution in [3.05, 3.63) is 65.7 Å². The molecule has 1 unspecified atom stereocenters. The van der Waals surface area contributed by atoms with Crippen LogP contribution in [0.5, 0.6) is 0 Å². The number of benzene rings is 2. The summed E-state index contributed by atoms with van der Waals surface area (Å²) in [5.74, 6) is 0.157. The van der Waals surface area contributed by atoms with Crippen LogP contribution >= 0.6 is 15.9 Å². The monoisotopic (exact) mass is 329 g/mol. The van der Waals surface area contributed by atoms with Crippen molar-refractivity contribution in [2.45, 2.75) is 11.8 Å². The first-order valence-corrected chi connectivity index (χ1v) is 7.83. The van der Waals surface area contributed by atoms with Crippen LogP contribution in [0.4, 0.5) is 5.69 Å². The van der Waals surface area contributed by atoms with Crippen molar-refractivity contribution in [1.29, 1.82) is 0 Å². The van der Waals surface area contributed by atoms with Gasteiger partial charge < -0.3 is 4.90 Å². The summed E-state index contributed by atoms with van der Waals surface area (Å²) in [6.45, 7) is 0. The molecule has 3 rings (SSSR count). The minimum atomic E-state index is -0.559. The molecule has 102 valence electrons. The Balaban J connectivity index is 2.28. The summed E-state index contributed by atoms with van der Waals surface area (Å²) in [6.07, 6.45) is 0.761. The lowest BCUT2D eigenvalue weighted by molar-refractivity contribution is -0.121. The molecule has 2 aromatic rings. The molecule has 0 spiro atoms. The molecule has 2 aromatic carbocycles. The number of fused-ring (bicyclic) bond motifs is 1. The van der Waals surface area contributed by atoms with Gasteiger partial charge in [-0.3, -0.25) is 4.79 Å². The topological polar surface area (TPSA) is 20.3 Å². The van der Waals surface area contributed by atoms with E-state index in [1.165, 1.54) is 0 Å². The smallest absolute Gasteiger partial charge is 0.241 e. The highest BCUT2D eigenvalue weighted by Gasteiger charge is 2.50. The zero-order valence-electron chi connectivity index (χ0n) is 11.3. The molecule has 1 aliphatic rings. The second kappa shape index (κ2) is 5.06. The number of rotatable bonds is 3. The zero-order valence-corrected chi connectivity index (χ0v) is 12.9. The van der Waals surface area contributed by atoms with E-state index < -0.39 is 5.41 Å². The van der Waals surface area contributed by atoms with Gasteiger partial charge in [0.25, 0.3) is 0 Å². The number of hydrogen-bond acceptors (Lipinski definition) is 1. The van der Waals surface area contributed by atoms with Gasteiger partial charge in [0.1, 0.15) is 5.41 Å². The van der Waals surface area contributed by atoms with Crippen LogP contribution in [0.1, 0.15) is 17.5 Å². The third kappa shape index (κ3) is 1.73. The normalized spacial score (nSPS) is 21.1. The van der Waals surface area contributed by atoms with E-state index in [-0.39, 0.29) is 5.91 Å². The Hall–Kier alpha value is -1.61. The number of hydrogen-bond donors (Lipinski definition) is 0. The molecule has 2 nitrogen and oxygen atoms in total. The summed E-state index contributed by atoms with van der Waals surface area (Å²) < 4.78 is 0. The Labute approximate surface area is 127 Å². The average Bonchev–Trinajstić information content (AvgIpc) is 2.72. The molecule has 0 aromatic heterocycles. The molecule has 3 heteroatoms. The van der Waals surface area contributed by atoms with E-state index >= 15 is 0 Å². The highest BCUT2D eigenvalue weighted by molar-refractivity contribution is 9.09. The second-order valence-corrected chi connectivity index (χ2v) is 5.88. The molecule has 0 bridgehead atoms. The Morgan fingerprint density at radius 2 is 1.70 bits per heavy atom. The van der Waals surface area contributed by atoms with Crippen molar-refractivity contribution in [3.63, 3.8) is 0 Å². The summed E-state index contributed by atoms with van der Waals surface area (Å²) in [5.41, 5.74) is 2.64. The largest absolute Gasteiger partial charge is 0.314 e. The summed E-state index contributed by atoms with van der Waals surface area (Å²) in [6, 6.07) is 18.2. The first-order valence-electron chi connectivity index (χ1n) is 6.71. The van der Waals surface area contributed by atoms with Gasteiger partial charge in [-0.1, -0.05) is 64.5 Å². The fraction of sp³-hybridized carbons (Fsp3) is 0.235. The van der Waals surface area contributed by atoms with E-state index in [4.69, 9.17) is 0 Å². The van der Waals surface area contributed by atoms with E-state index in [9.17, 15) is 4.79 Å². The summed E-state index contributed by atoms with van der Waals surface area (Å²) in [5, 5.41) is 0.788. The number of carbonyl (C=O) groups is 1. The molecule has 0 radical (unpaired) electrons. The van der Waals surface area contributed by atoms with Crippen molar-refractivity contribution in [2.24, 2.45) is 0 Å². The number of para-hydroxylation sites is 1. The van der Waals surface area contributed by atoms with Crippen LogP contribution in [0.15, 0.2) is 54.6 Å². The lowest BCUT2D eigenvalue weighted by Gasteiger charge is -2.28. The van der Waals surface area contributed by atoms with Crippen LogP contribution in [-0.4, -0.2) is 18.3 Å². The van der Waals surface area contributed by atoms with Gasteiger partial charge in [0, 0.05) is 18.1 Å². The summed E-state index contributed by atoms with van der Waals surface area (Å²) in [4.78, 5) is 14.8. The molecule has 1 aliphatic heterocycles. The number of alkyl halides is 1. The summed E-state index contributed by atoms with van der Waals surface area (Å²) >= 11 is 3.52. The van der Waals surface area contributed by atoms with Crippen molar-refractivity contribution >= 4 is 27.5 Å². The first-order chi connectivity index (χ1) is 9.71. The van der Waals surface area contributed by atoms with E-state index in [1.807, 2.05) is 43.4 Å². The number of halogens is 1. The van der Waals surface area contributed by atoms with E-state index in [1.54, 1.807) is 4.90 Å². The first kappa shape index (κ1) is 13.4. The minimum Gasteiger partial charge on any atom is -0.314 e. The third-order valence-electron chi connectivity index (χ3n) is 4.13. The van der Waals surface area contributed by atoms with Crippen LogP contribution < -0.4 is 4.90 Å². The van der Waals surface area contributed by atoms with Crippen molar-refractivity contribution in [3.8, 4) is 0 Å². The lowest BCUT2D eigenvalue weighted by atomic mass is 9.73. The van der Waals surface area contributed by atoms with Gasteiger partial charge in [-0.15, -0.1) is 0 Å². The molecule has 1 heterocycles. The van der Waals surface area contributed by atoms with Crippen LogP contribution in [0.25, 0.3) is 0 Å². The Kier molecular flexibility index (Phi) is 3.38. The van der Waals surface area contributed by atoms with E-state index in [0.29, 0.717) is 0 Å². The number of carbonyl (C=O) groups excluding carboxylic acids is 1. The Morgan fingerprint density at radius 1 is 1.05 bits per heavy atom. The fourth-order valence-corrected chi connectivity index (χ4v) is 3.76. The SMILES string of the molecule is CN1C(=O)C(CCBr)(c2ccccc2)c2ccccc21. The van der Waals surface area contributed by atoms with Crippen molar-refractivity contribution in [2.75, 3.05) is 17.3 Å². The molecule has 0 N–H and O–H groups in total. The average molecular weight is 330 g/mol. The molecular formula is C17H16BrNO. The van der Waals surface area contributed by atoms with Gasteiger partial charge in [0.15, 0.2) is 0 Å². The van der Waals surface area contributed by atoms with Gasteiger partial charge in [0.2, 0.25) is 5.91 Å². The second-order valence-electron chi connectivity index (χ2n) is 5.09. The highest BCUT2D eigenvalue weighted by atomic mass is 79.9. The Morgan fingerprint density at radius 3 is 2.40 bits per heavy atom. The summed E-state index contributed by atoms with van der Waals surface area (Å²) in [7, 11) is 1.86. The highest BCUT2D eigenvalue weighted by Crippen LogP contribution is 2.47. The molecule has 0 saturated carbocycles. The van der Waals surface area contributed by atoms with Crippen molar-refractivity contribution in [1.82, 2.24) is 0 Å². The van der Waals surface area contributed by atoms with Crippen LogP contribution in [-0.2, 0) is 10.2 Å². The molecule has 0 fully saturated rings. The Bertz CT molecular complexity index is 640. The van der Waals surface area contributed by atoms with Gasteiger partial charge in [-0.2, -0.15) is 0 Å². The lowest BCUT2D eigenvalue weighted by Crippen LogP contribution is -2.40. The quantitative estimate of drug-likeness (QED) is 0.785. The molecule has 1 amide bonds. The molecular weight excluding hydrogens is 314 g/mol. The zero-order chi connectivity index (χ0) is 14.2. The fourth-order valence-electron chi connectivity index (χ4n) is 3.17. The maximum Gasteiger partial charge on any atom is 0.241 e.